The third-order valence-electron chi connectivity index (χ3n) is 4.11. The average molecular weight is 331 g/mol. The highest BCUT2D eigenvalue weighted by atomic mass is 16.5. The smallest absolute Gasteiger partial charge is 0.261 e. The first-order chi connectivity index (χ1) is 11.4. The Balaban J connectivity index is 1.59. The van der Waals surface area contributed by atoms with Gasteiger partial charge in [-0.2, -0.15) is 0 Å². The molecule has 1 fully saturated rings. The molecule has 0 saturated carbocycles. The quantitative estimate of drug-likeness (QED) is 0.677. The molecule has 0 aromatic heterocycles. The van der Waals surface area contributed by atoms with E-state index in [0.29, 0.717) is 11.1 Å². The van der Waals surface area contributed by atoms with Crippen molar-refractivity contribution in [2.24, 2.45) is 5.73 Å². The third-order valence-corrected chi connectivity index (χ3v) is 4.11. The minimum absolute atomic E-state index is 0.00818. The van der Waals surface area contributed by atoms with Crippen LogP contribution in [0, 0.1) is 0 Å². The van der Waals surface area contributed by atoms with Gasteiger partial charge in [-0.15, -0.1) is 0 Å². The van der Waals surface area contributed by atoms with Crippen LogP contribution in [0.5, 0.6) is 0 Å². The molecule has 1 saturated heterocycles. The fraction of sp³-hybridized carbons (Fsp3) is 0.375. The Labute approximate surface area is 137 Å². The highest BCUT2D eigenvalue weighted by Gasteiger charge is 2.42. The fourth-order valence-electron chi connectivity index (χ4n) is 2.91. The number of nitrogens with zero attached hydrogens (tertiary/aromatic N) is 1. The normalized spacial score (nSPS) is 18.1. The zero-order valence-corrected chi connectivity index (χ0v) is 12.9. The lowest BCUT2D eigenvalue weighted by Crippen LogP contribution is -2.63. The molecule has 0 bridgehead atoms. The molecule has 0 unspecified atom stereocenters. The molecular weight excluding hydrogens is 314 g/mol. The number of amides is 4. The predicted molar refractivity (Wildman–Crippen MR) is 81.9 cm³/mol. The summed E-state index contributed by atoms with van der Waals surface area (Å²) in [6.45, 7) is 0.412. The molecule has 0 aliphatic carbocycles. The number of ether oxygens (including phenoxy) is 1. The van der Waals surface area contributed by atoms with Crippen LogP contribution in [0.2, 0.25) is 0 Å². The van der Waals surface area contributed by atoms with Crippen LogP contribution in [0.3, 0.4) is 0 Å². The summed E-state index contributed by atoms with van der Waals surface area (Å²) in [5, 5.41) is 2.72. The number of rotatable bonds is 6. The number of hydrogen-bond acceptors (Lipinski definition) is 5. The second-order valence-electron chi connectivity index (χ2n) is 6.02. The molecule has 3 N–H and O–H groups in total. The Morgan fingerprint density at radius 1 is 1.17 bits per heavy atom. The summed E-state index contributed by atoms with van der Waals surface area (Å²) in [6, 6.07) is 6.54. The number of imide groups is 1. The number of hydrogen-bond donors (Lipinski definition) is 2. The summed E-state index contributed by atoms with van der Waals surface area (Å²) in [6.07, 6.45) is -0.0578. The van der Waals surface area contributed by atoms with E-state index in [1.54, 1.807) is 24.3 Å². The molecule has 2 aliphatic rings. The first kappa shape index (κ1) is 16.1. The zero-order valence-electron chi connectivity index (χ0n) is 12.9. The number of nitrogens with one attached hydrogen (secondary N) is 1. The van der Waals surface area contributed by atoms with Gasteiger partial charge in [-0.3, -0.25) is 24.1 Å². The Morgan fingerprint density at radius 3 is 2.21 bits per heavy atom. The predicted octanol–water partition coefficient (Wildman–Crippen LogP) is -0.567. The minimum Gasteiger partial charge on any atom is -0.376 e. The summed E-state index contributed by atoms with van der Waals surface area (Å²) in [5.41, 5.74) is 5.10. The van der Waals surface area contributed by atoms with E-state index in [-0.39, 0.29) is 38.5 Å². The van der Waals surface area contributed by atoms with E-state index in [0.717, 1.165) is 4.90 Å². The van der Waals surface area contributed by atoms with Crippen molar-refractivity contribution in [1.82, 2.24) is 10.2 Å². The Kier molecular flexibility index (Phi) is 4.06. The third kappa shape index (κ3) is 2.88. The van der Waals surface area contributed by atoms with Gasteiger partial charge in [0.05, 0.1) is 36.3 Å². The van der Waals surface area contributed by atoms with Gasteiger partial charge in [-0.25, -0.2) is 0 Å². The lowest BCUT2D eigenvalue weighted by Gasteiger charge is -2.41. The number of carbonyl (C=O) groups excluding carboxylic acids is 4. The molecule has 126 valence electrons. The van der Waals surface area contributed by atoms with Gasteiger partial charge in [0.1, 0.15) is 0 Å². The van der Waals surface area contributed by atoms with Crippen LogP contribution in [0.25, 0.3) is 0 Å². The Hall–Kier alpha value is -2.74. The van der Waals surface area contributed by atoms with Gasteiger partial charge in [-0.1, -0.05) is 12.1 Å². The Bertz CT molecular complexity index is 691. The highest BCUT2D eigenvalue weighted by molar-refractivity contribution is 6.21. The molecule has 2 heterocycles. The molecule has 4 amide bonds. The maximum atomic E-state index is 12.2. The van der Waals surface area contributed by atoms with E-state index in [1.807, 2.05) is 0 Å². The molecular formula is C16H17N3O5. The number of carbonyl (C=O) groups is 4. The fourth-order valence-corrected chi connectivity index (χ4v) is 2.91. The summed E-state index contributed by atoms with van der Waals surface area (Å²) in [7, 11) is 0. The van der Waals surface area contributed by atoms with E-state index < -0.39 is 23.3 Å². The van der Waals surface area contributed by atoms with E-state index in [4.69, 9.17) is 10.5 Å². The molecule has 1 aromatic carbocycles. The maximum absolute atomic E-state index is 12.2. The second-order valence-corrected chi connectivity index (χ2v) is 6.02. The number of benzene rings is 1. The molecule has 2 aliphatic heterocycles. The van der Waals surface area contributed by atoms with E-state index in [2.05, 4.69) is 5.32 Å². The monoisotopic (exact) mass is 331 g/mol. The van der Waals surface area contributed by atoms with Gasteiger partial charge < -0.3 is 15.8 Å². The minimum atomic E-state index is -0.773. The molecule has 24 heavy (non-hydrogen) atoms. The standard InChI is InChI=1S/C16H17N3O5/c17-12(20)7-16(8-24-9-16)18-13(21)5-6-19-14(22)10-3-1-2-4-11(10)15(19)23/h1-4H,5-9H2,(H2,17,20)(H,18,21). The molecule has 0 spiro atoms. The van der Waals surface area contributed by atoms with Crippen LogP contribution >= 0.6 is 0 Å². The first-order valence-electron chi connectivity index (χ1n) is 7.54. The largest absolute Gasteiger partial charge is 0.376 e. The van der Waals surface area contributed by atoms with Crippen molar-refractivity contribution in [3.05, 3.63) is 35.4 Å². The van der Waals surface area contributed by atoms with Crippen LogP contribution < -0.4 is 11.1 Å². The Morgan fingerprint density at radius 2 is 1.75 bits per heavy atom. The van der Waals surface area contributed by atoms with Gasteiger partial charge in [0, 0.05) is 13.0 Å². The number of primary amides is 1. The van der Waals surface area contributed by atoms with Crippen molar-refractivity contribution >= 4 is 23.6 Å². The first-order valence-corrected chi connectivity index (χ1v) is 7.54. The summed E-state index contributed by atoms with van der Waals surface area (Å²) >= 11 is 0. The summed E-state index contributed by atoms with van der Waals surface area (Å²) in [5.74, 6) is -1.69. The lowest BCUT2D eigenvalue weighted by atomic mass is 9.92. The molecule has 1 aromatic rings. The van der Waals surface area contributed by atoms with Gasteiger partial charge in [0.25, 0.3) is 11.8 Å². The van der Waals surface area contributed by atoms with Gasteiger partial charge in [0.2, 0.25) is 11.8 Å². The van der Waals surface area contributed by atoms with Crippen LogP contribution in [-0.4, -0.2) is 53.8 Å². The second kappa shape index (κ2) is 6.04. The number of nitrogens with two attached hydrogens (primary N) is 1. The van der Waals surface area contributed by atoms with Crippen LogP contribution in [0.15, 0.2) is 24.3 Å². The van der Waals surface area contributed by atoms with Crippen LogP contribution in [0.1, 0.15) is 33.6 Å². The van der Waals surface area contributed by atoms with E-state index >= 15 is 0 Å². The topological polar surface area (TPSA) is 119 Å². The zero-order chi connectivity index (χ0) is 17.3. The van der Waals surface area contributed by atoms with Crippen molar-refractivity contribution in [2.45, 2.75) is 18.4 Å². The molecule has 0 radical (unpaired) electrons. The van der Waals surface area contributed by atoms with Crippen molar-refractivity contribution in [3.8, 4) is 0 Å². The summed E-state index contributed by atoms with van der Waals surface area (Å²) in [4.78, 5) is 48.7. The van der Waals surface area contributed by atoms with Crippen LogP contribution in [-0.2, 0) is 14.3 Å². The number of fused-ring (bicyclic) bond motifs is 1. The van der Waals surface area contributed by atoms with Crippen molar-refractivity contribution in [1.29, 1.82) is 0 Å². The molecule has 8 heteroatoms. The van der Waals surface area contributed by atoms with Crippen LogP contribution in [0.4, 0.5) is 0 Å². The van der Waals surface area contributed by atoms with Crippen molar-refractivity contribution in [2.75, 3.05) is 19.8 Å². The summed E-state index contributed by atoms with van der Waals surface area (Å²) < 4.78 is 5.05. The molecule has 0 atom stereocenters. The highest BCUT2D eigenvalue weighted by Crippen LogP contribution is 2.23. The van der Waals surface area contributed by atoms with E-state index in [9.17, 15) is 19.2 Å². The molecule has 3 rings (SSSR count). The van der Waals surface area contributed by atoms with Gasteiger partial charge in [-0.05, 0) is 12.1 Å². The van der Waals surface area contributed by atoms with Gasteiger partial charge in [0.15, 0.2) is 0 Å². The molecule has 8 nitrogen and oxygen atoms in total. The average Bonchev–Trinajstić information content (AvgIpc) is 2.75. The SMILES string of the molecule is NC(=O)CC1(NC(=O)CCN2C(=O)c3ccccc3C2=O)COC1. The lowest BCUT2D eigenvalue weighted by molar-refractivity contribution is -0.138. The van der Waals surface area contributed by atoms with Crippen molar-refractivity contribution in [3.63, 3.8) is 0 Å². The van der Waals surface area contributed by atoms with E-state index in [1.165, 1.54) is 0 Å². The maximum Gasteiger partial charge on any atom is 0.261 e. The van der Waals surface area contributed by atoms with Gasteiger partial charge >= 0.3 is 0 Å². The van der Waals surface area contributed by atoms with Crippen molar-refractivity contribution < 1.29 is 23.9 Å².